The Hall–Kier alpha value is -1.31. The zero-order valence-electron chi connectivity index (χ0n) is 10.6. The van der Waals surface area contributed by atoms with Crippen LogP contribution in [0.2, 0.25) is 0 Å². The Balaban J connectivity index is 0. The second-order valence-corrected chi connectivity index (χ2v) is 3.82. The number of hydrogen-bond acceptors (Lipinski definition) is 1. The maximum absolute atomic E-state index is 11.6. The van der Waals surface area contributed by atoms with E-state index in [1.807, 2.05) is 13.8 Å². The van der Waals surface area contributed by atoms with Crippen LogP contribution in [0.25, 0.3) is 0 Å². The summed E-state index contributed by atoms with van der Waals surface area (Å²) in [5.41, 5.74) is 0.726. The molecule has 2 heteroatoms. The molecule has 0 aliphatic heterocycles. The van der Waals surface area contributed by atoms with Crippen LogP contribution in [0.4, 0.5) is 0 Å². The van der Waals surface area contributed by atoms with Gasteiger partial charge in [-0.1, -0.05) is 40.0 Å². The van der Waals surface area contributed by atoms with E-state index in [2.05, 4.69) is 25.4 Å². The van der Waals surface area contributed by atoms with E-state index in [1.54, 1.807) is 18.2 Å². The molecule has 0 aromatic carbocycles. The standard InChI is InChI=1S/C12H17NO.C2H6.H2/c1-4-6-11(5-2)13-12(14)10-7-9(3)8-10;1-2;/h4-6,9-10H,1-2,7-8H2,3H3,(H,13,14);1-2H3;1H/b11-6+;;. The summed E-state index contributed by atoms with van der Waals surface area (Å²) in [5.74, 6) is 0.996. The first-order chi connectivity index (χ1) is 7.67. The predicted molar refractivity (Wildman–Crippen MR) is 72.0 cm³/mol. The fraction of sp³-hybridized carbons (Fsp3) is 0.500. The van der Waals surface area contributed by atoms with E-state index < -0.39 is 0 Å². The summed E-state index contributed by atoms with van der Waals surface area (Å²) in [6.45, 7) is 13.4. The molecule has 16 heavy (non-hydrogen) atoms. The Morgan fingerprint density at radius 1 is 1.38 bits per heavy atom. The van der Waals surface area contributed by atoms with Crippen LogP contribution < -0.4 is 5.32 Å². The molecule has 0 heterocycles. The number of carbonyl (C=O) groups is 1. The van der Waals surface area contributed by atoms with Gasteiger partial charge in [-0.2, -0.15) is 0 Å². The van der Waals surface area contributed by atoms with Gasteiger partial charge in [-0.05, 0) is 30.9 Å². The zero-order chi connectivity index (χ0) is 12.6. The normalized spacial score (nSPS) is 23.3. The second kappa shape index (κ2) is 7.91. The van der Waals surface area contributed by atoms with E-state index in [4.69, 9.17) is 0 Å². The van der Waals surface area contributed by atoms with Crippen LogP contribution >= 0.6 is 0 Å². The molecule has 0 unspecified atom stereocenters. The van der Waals surface area contributed by atoms with Gasteiger partial charge in [-0.3, -0.25) is 4.79 Å². The highest BCUT2D eigenvalue weighted by Gasteiger charge is 2.31. The summed E-state index contributed by atoms with van der Waals surface area (Å²) in [7, 11) is 0. The Bertz CT molecular complexity index is 278. The quantitative estimate of drug-likeness (QED) is 0.724. The monoisotopic (exact) mass is 223 g/mol. The van der Waals surface area contributed by atoms with E-state index in [0.717, 1.165) is 18.5 Å². The van der Waals surface area contributed by atoms with E-state index in [0.29, 0.717) is 5.92 Å². The summed E-state index contributed by atoms with van der Waals surface area (Å²) >= 11 is 0. The first-order valence-electron chi connectivity index (χ1n) is 5.93. The van der Waals surface area contributed by atoms with Gasteiger partial charge in [0, 0.05) is 13.0 Å². The van der Waals surface area contributed by atoms with Crippen molar-refractivity contribution in [2.24, 2.45) is 11.8 Å². The largest absolute Gasteiger partial charge is 0.326 e. The lowest BCUT2D eigenvalue weighted by Gasteiger charge is -2.31. The third-order valence-electron chi connectivity index (χ3n) is 2.53. The van der Waals surface area contributed by atoms with Gasteiger partial charge in [0.2, 0.25) is 5.91 Å². The molecule has 0 aromatic rings. The average Bonchev–Trinajstić information content (AvgIpc) is 2.26. The van der Waals surface area contributed by atoms with E-state index in [-0.39, 0.29) is 13.3 Å². The molecule has 92 valence electrons. The summed E-state index contributed by atoms with van der Waals surface area (Å²) in [4.78, 5) is 11.6. The highest BCUT2D eigenvalue weighted by Crippen LogP contribution is 2.33. The Labute approximate surface area is 101 Å². The molecule has 0 spiro atoms. The molecule has 1 aliphatic rings. The van der Waals surface area contributed by atoms with Gasteiger partial charge in [0.15, 0.2) is 0 Å². The van der Waals surface area contributed by atoms with Crippen molar-refractivity contribution in [3.8, 4) is 0 Å². The van der Waals surface area contributed by atoms with Gasteiger partial charge in [0.25, 0.3) is 0 Å². The average molecular weight is 223 g/mol. The highest BCUT2D eigenvalue weighted by atomic mass is 16.1. The van der Waals surface area contributed by atoms with E-state index in [1.165, 1.54) is 0 Å². The first-order valence-corrected chi connectivity index (χ1v) is 5.93. The number of nitrogens with one attached hydrogen (secondary N) is 1. The smallest absolute Gasteiger partial charge is 0.227 e. The lowest BCUT2D eigenvalue weighted by molar-refractivity contribution is -0.127. The fourth-order valence-corrected chi connectivity index (χ4v) is 1.65. The van der Waals surface area contributed by atoms with Crippen molar-refractivity contribution in [2.45, 2.75) is 33.6 Å². The predicted octanol–water partition coefficient (Wildman–Crippen LogP) is 3.68. The number of amides is 1. The number of rotatable bonds is 4. The molecule has 1 fully saturated rings. The third kappa shape index (κ3) is 4.47. The van der Waals surface area contributed by atoms with Crippen molar-refractivity contribution in [2.75, 3.05) is 0 Å². The van der Waals surface area contributed by atoms with Crippen LogP contribution in [0.15, 0.2) is 37.1 Å². The van der Waals surface area contributed by atoms with E-state index in [9.17, 15) is 4.79 Å². The lowest BCUT2D eigenvalue weighted by atomic mass is 9.75. The Morgan fingerprint density at radius 2 is 1.94 bits per heavy atom. The van der Waals surface area contributed by atoms with Gasteiger partial charge in [-0.15, -0.1) is 0 Å². The number of hydrogen-bond donors (Lipinski definition) is 1. The molecule has 1 amide bonds. The van der Waals surface area contributed by atoms with E-state index >= 15 is 0 Å². The van der Waals surface area contributed by atoms with Crippen LogP contribution in [0, 0.1) is 11.8 Å². The van der Waals surface area contributed by atoms with Crippen molar-refractivity contribution in [3.05, 3.63) is 37.1 Å². The molecule has 1 aliphatic carbocycles. The summed E-state index contributed by atoms with van der Waals surface area (Å²) in [6, 6.07) is 0. The summed E-state index contributed by atoms with van der Waals surface area (Å²) in [6.07, 6.45) is 7.02. The number of carbonyl (C=O) groups excluding carboxylic acids is 1. The van der Waals surface area contributed by atoms with Crippen LogP contribution in [0.5, 0.6) is 0 Å². The van der Waals surface area contributed by atoms with Crippen molar-refractivity contribution >= 4 is 5.91 Å². The van der Waals surface area contributed by atoms with Crippen LogP contribution in [-0.2, 0) is 4.79 Å². The van der Waals surface area contributed by atoms with Crippen LogP contribution in [0.3, 0.4) is 0 Å². The molecular formula is C14H25NO. The minimum atomic E-state index is 0. The molecule has 1 N–H and O–H groups in total. The van der Waals surface area contributed by atoms with Gasteiger partial charge < -0.3 is 5.32 Å². The van der Waals surface area contributed by atoms with Gasteiger partial charge in [-0.25, -0.2) is 0 Å². The Morgan fingerprint density at radius 3 is 2.31 bits per heavy atom. The Kier molecular flexibility index (Phi) is 7.27. The molecular weight excluding hydrogens is 198 g/mol. The van der Waals surface area contributed by atoms with Crippen LogP contribution in [0.1, 0.15) is 35.0 Å². The molecule has 0 aromatic heterocycles. The first kappa shape index (κ1) is 14.7. The topological polar surface area (TPSA) is 29.1 Å². The molecule has 2 nitrogen and oxygen atoms in total. The SMILES string of the molecule is C=C/C=C(\C=C)NC(=O)C1CC(C)C1.CC.[HH]. The molecule has 0 bridgehead atoms. The molecule has 1 rings (SSSR count). The summed E-state index contributed by atoms with van der Waals surface area (Å²) in [5, 5.41) is 2.82. The molecule has 0 atom stereocenters. The molecule has 0 radical (unpaired) electrons. The van der Waals surface area contributed by atoms with Crippen LogP contribution in [-0.4, -0.2) is 5.91 Å². The summed E-state index contributed by atoms with van der Waals surface area (Å²) < 4.78 is 0. The fourth-order valence-electron chi connectivity index (χ4n) is 1.65. The maximum atomic E-state index is 11.6. The number of allylic oxidation sites excluding steroid dienone is 3. The zero-order valence-corrected chi connectivity index (χ0v) is 10.6. The lowest BCUT2D eigenvalue weighted by Crippen LogP contribution is -2.37. The molecule has 1 saturated carbocycles. The maximum Gasteiger partial charge on any atom is 0.227 e. The molecule has 0 saturated heterocycles. The van der Waals surface area contributed by atoms with Crippen molar-refractivity contribution in [1.82, 2.24) is 5.32 Å². The van der Waals surface area contributed by atoms with Crippen molar-refractivity contribution in [3.63, 3.8) is 0 Å². The minimum Gasteiger partial charge on any atom is -0.326 e. The van der Waals surface area contributed by atoms with Crippen molar-refractivity contribution in [1.29, 1.82) is 0 Å². The van der Waals surface area contributed by atoms with Crippen molar-refractivity contribution < 1.29 is 6.22 Å². The second-order valence-electron chi connectivity index (χ2n) is 3.82. The minimum absolute atomic E-state index is 0. The highest BCUT2D eigenvalue weighted by molar-refractivity contribution is 5.81. The van der Waals surface area contributed by atoms with Gasteiger partial charge in [0.1, 0.15) is 0 Å². The third-order valence-corrected chi connectivity index (χ3v) is 2.53. The van der Waals surface area contributed by atoms with Gasteiger partial charge in [0.05, 0.1) is 0 Å². The van der Waals surface area contributed by atoms with Gasteiger partial charge >= 0.3 is 0 Å².